The van der Waals surface area contributed by atoms with Crippen LogP contribution in [0.15, 0.2) is 96.1 Å². The van der Waals surface area contributed by atoms with E-state index in [1.165, 1.54) is 12.8 Å². The summed E-state index contributed by atoms with van der Waals surface area (Å²) >= 11 is 0. The van der Waals surface area contributed by atoms with Crippen molar-refractivity contribution in [3.8, 4) is 11.6 Å². The minimum atomic E-state index is -0.439. The molecule has 5 rings (SSSR count). The second-order valence-corrected chi connectivity index (χ2v) is 9.05. The molecule has 0 aliphatic rings. The van der Waals surface area contributed by atoms with Crippen LogP contribution in [0.1, 0.15) is 27.2 Å². The van der Waals surface area contributed by atoms with Gasteiger partial charge in [0.25, 0.3) is 0 Å². The zero-order valence-corrected chi connectivity index (χ0v) is 21.0. The van der Waals surface area contributed by atoms with Crippen LogP contribution in [0.5, 0.6) is 5.88 Å². The minimum Gasteiger partial charge on any atom is -0.494 e. The van der Waals surface area contributed by atoms with Gasteiger partial charge in [-0.05, 0) is 62.6 Å². The van der Waals surface area contributed by atoms with Crippen LogP contribution in [0, 0.1) is 0 Å². The second kappa shape index (κ2) is 10.2. The van der Waals surface area contributed by atoms with Crippen molar-refractivity contribution in [2.75, 3.05) is 21.2 Å². The summed E-state index contributed by atoms with van der Waals surface area (Å²) < 4.78 is 7.00. The molecule has 5 aromatic rings. The Balaban J connectivity index is 1.59. The molecule has 0 spiro atoms. The first kappa shape index (κ1) is 24.1. The van der Waals surface area contributed by atoms with Crippen LogP contribution in [-0.4, -0.2) is 52.4 Å². The molecule has 0 amide bonds. The number of H-pyrrole nitrogens is 1. The Morgan fingerprint density at radius 3 is 2.43 bits per heavy atom. The highest BCUT2D eigenvalue weighted by Crippen LogP contribution is 2.32. The highest BCUT2D eigenvalue weighted by Gasteiger charge is 2.20. The molecule has 2 heterocycles. The summed E-state index contributed by atoms with van der Waals surface area (Å²) in [5.41, 5.74) is 6.07. The lowest BCUT2D eigenvalue weighted by molar-refractivity contribution is 0.0601. The number of aromatic nitrogens is 2. The van der Waals surface area contributed by atoms with E-state index >= 15 is 0 Å². The number of carbonyl (C=O) groups is 1. The number of aromatic hydroxyl groups is 1. The molecule has 0 fully saturated rings. The molecule has 0 saturated carbocycles. The fourth-order valence-corrected chi connectivity index (χ4v) is 4.47. The number of hydrogen-bond donors (Lipinski definition) is 2. The first-order chi connectivity index (χ1) is 17.9. The van der Waals surface area contributed by atoms with E-state index in [2.05, 4.69) is 40.8 Å². The zero-order chi connectivity index (χ0) is 25.9. The van der Waals surface area contributed by atoms with Crippen molar-refractivity contribution in [3.05, 3.63) is 114 Å². The third-order valence-corrected chi connectivity index (χ3v) is 6.16. The molecule has 2 N–H and O–H groups in total. The Bertz CT molecular complexity index is 1580. The van der Waals surface area contributed by atoms with Crippen LogP contribution < -0.4 is 0 Å². The van der Waals surface area contributed by atoms with E-state index in [0.29, 0.717) is 22.4 Å². The number of esters is 1. The third kappa shape index (κ3) is 4.90. The Hall–Kier alpha value is -4.62. The van der Waals surface area contributed by atoms with E-state index in [-0.39, 0.29) is 5.88 Å². The summed E-state index contributed by atoms with van der Waals surface area (Å²) in [6, 6.07) is 27.1. The molecule has 0 radical (unpaired) electrons. The second-order valence-electron chi connectivity index (χ2n) is 9.05. The van der Waals surface area contributed by atoms with Gasteiger partial charge >= 0.3 is 5.97 Å². The Morgan fingerprint density at radius 2 is 1.73 bits per heavy atom. The fourth-order valence-electron chi connectivity index (χ4n) is 4.47. The number of methoxy groups -OCH3 is 1. The average Bonchev–Trinajstić information content (AvgIpc) is 3.50. The standard InChI is InChI=1S/C30H28N4O3/c1-33(2)19-24-10-7-17-34(24)23-14-12-22(13-15-23)31-28(20-8-5-4-6-9-20)27-25-16-11-21(30(36)37-3)18-26(25)32-29(27)35/h4-18,32,35H,19H2,1-3H3. The molecule has 0 bridgehead atoms. The summed E-state index contributed by atoms with van der Waals surface area (Å²) in [5.74, 6) is -0.456. The molecule has 0 atom stereocenters. The topological polar surface area (TPSA) is 82.8 Å². The van der Waals surface area contributed by atoms with Crippen molar-refractivity contribution in [2.45, 2.75) is 6.54 Å². The highest BCUT2D eigenvalue weighted by atomic mass is 16.5. The summed E-state index contributed by atoms with van der Waals surface area (Å²) in [6.07, 6.45) is 2.05. The van der Waals surface area contributed by atoms with E-state index in [9.17, 15) is 9.90 Å². The van der Waals surface area contributed by atoms with E-state index < -0.39 is 5.97 Å². The maximum absolute atomic E-state index is 12.0. The quantitative estimate of drug-likeness (QED) is 0.226. The molecule has 2 aromatic heterocycles. The van der Waals surface area contributed by atoms with E-state index in [1.807, 2.05) is 60.7 Å². The maximum atomic E-state index is 12.0. The third-order valence-electron chi connectivity index (χ3n) is 6.16. The number of aromatic amines is 1. The number of rotatable bonds is 7. The van der Waals surface area contributed by atoms with Gasteiger partial charge in [0.1, 0.15) is 0 Å². The van der Waals surface area contributed by atoms with Crippen molar-refractivity contribution in [1.82, 2.24) is 14.5 Å². The predicted octanol–water partition coefficient (Wildman–Crippen LogP) is 5.68. The molecule has 0 aliphatic carbocycles. The van der Waals surface area contributed by atoms with Gasteiger partial charge in [-0.1, -0.05) is 36.4 Å². The van der Waals surface area contributed by atoms with Crippen molar-refractivity contribution in [1.29, 1.82) is 0 Å². The van der Waals surface area contributed by atoms with Crippen LogP contribution in [0.2, 0.25) is 0 Å². The SMILES string of the molecule is COC(=O)c1ccc2c(C(=Nc3ccc(-n4cccc4CN(C)C)cc3)c3ccccc3)c(O)[nH]c2c1. The number of nitrogens with zero attached hydrogens (tertiary/aromatic N) is 3. The number of ether oxygens (including phenoxy) is 1. The van der Waals surface area contributed by atoms with Crippen LogP contribution in [0.3, 0.4) is 0 Å². The van der Waals surface area contributed by atoms with E-state index in [1.54, 1.807) is 18.2 Å². The zero-order valence-electron chi connectivity index (χ0n) is 21.0. The Labute approximate surface area is 215 Å². The number of aliphatic imine (C=N–C) groups is 1. The summed E-state index contributed by atoms with van der Waals surface area (Å²) in [7, 11) is 5.45. The fraction of sp³-hybridized carbons (Fsp3) is 0.133. The van der Waals surface area contributed by atoms with Gasteiger partial charge in [-0.15, -0.1) is 0 Å². The Morgan fingerprint density at radius 1 is 0.973 bits per heavy atom. The number of nitrogens with one attached hydrogen (secondary N) is 1. The van der Waals surface area contributed by atoms with Crippen molar-refractivity contribution in [3.63, 3.8) is 0 Å². The van der Waals surface area contributed by atoms with Gasteiger partial charge in [-0.25, -0.2) is 9.79 Å². The maximum Gasteiger partial charge on any atom is 0.337 e. The summed E-state index contributed by atoms with van der Waals surface area (Å²) in [5, 5.41) is 11.7. The lowest BCUT2D eigenvalue weighted by Gasteiger charge is -2.14. The van der Waals surface area contributed by atoms with Gasteiger partial charge in [0.05, 0.1) is 29.6 Å². The number of benzene rings is 3. The Kier molecular flexibility index (Phi) is 6.62. The van der Waals surface area contributed by atoms with Crippen LogP contribution in [0.4, 0.5) is 5.69 Å². The summed E-state index contributed by atoms with van der Waals surface area (Å²) in [4.78, 5) is 22.1. The highest BCUT2D eigenvalue weighted by molar-refractivity contribution is 6.22. The number of hydrogen-bond acceptors (Lipinski definition) is 5. The van der Waals surface area contributed by atoms with Crippen molar-refractivity contribution < 1.29 is 14.6 Å². The normalized spacial score (nSPS) is 11.8. The average molecular weight is 493 g/mol. The molecule has 0 unspecified atom stereocenters. The monoisotopic (exact) mass is 492 g/mol. The predicted molar refractivity (Wildman–Crippen MR) is 146 cm³/mol. The molecule has 3 aromatic carbocycles. The largest absolute Gasteiger partial charge is 0.494 e. The van der Waals surface area contributed by atoms with Crippen LogP contribution >= 0.6 is 0 Å². The van der Waals surface area contributed by atoms with Gasteiger partial charge in [-0.2, -0.15) is 0 Å². The van der Waals surface area contributed by atoms with Gasteiger partial charge < -0.3 is 24.3 Å². The van der Waals surface area contributed by atoms with Gasteiger partial charge in [0, 0.05) is 40.6 Å². The van der Waals surface area contributed by atoms with Crippen LogP contribution in [-0.2, 0) is 11.3 Å². The molecule has 7 heteroatoms. The van der Waals surface area contributed by atoms with Crippen molar-refractivity contribution >= 4 is 28.3 Å². The lowest BCUT2D eigenvalue weighted by atomic mass is 10.00. The van der Waals surface area contributed by atoms with Gasteiger partial charge in [-0.3, -0.25) is 0 Å². The van der Waals surface area contributed by atoms with Crippen LogP contribution in [0.25, 0.3) is 16.6 Å². The minimum absolute atomic E-state index is 0.0168. The number of carbonyl (C=O) groups excluding carboxylic acids is 1. The van der Waals surface area contributed by atoms with Gasteiger partial charge in [0.15, 0.2) is 5.88 Å². The first-order valence-corrected chi connectivity index (χ1v) is 11.9. The lowest BCUT2D eigenvalue weighted by Crippen LogP contribution is -2.13. The van der Waals surface area contributed by atoms with Crippen molar-refractivity contribution in [2.24, 2.45) is 4.99 Å². The number of fused-ring (bicyclic) bond motifs is 1. The smallest absolute Gasteiger partial charge is 0.337 e. The van der Waals surface area contributed by atoms with Gasteiger partial charge in [0.2, 0.25) is 0 Å². The molecule has 37 heavy (non-hydrogen) atoms. The molecule has 7 nitrogen and oxygen atoms in total. The molecule has 186 valence electrons. The summed E-state index contributed by atoms with van der Waals surface area (Å²) in [6.45, 7) is 0.836. The molecular weight excluding hydrogens is 464 g/mol. The molecule has 0 saturated heterocycles. The van der Waals surface area contributed by atoms with E-state index in [0.717, 1.165) is 28.9 Å². The molecular formula is C30H28N4O3. The van der Waals surface area contributed by atoms with E-state index in [4.69, 9.17) is 9.73 Å². The first-order valence-electron chi connectivity index (χ1n) is 11.9. The molecule has 0 aliphatic heterocycles.